The van der Waals surface area contributed by atoms with Crippen LogP contribution < -0.4 is 10.2 Å². The van der Waals surface area contributed by atoms with E-state index < -0.39 is 17.5 Å². The molecule has 1 aliphatic heterocycles. The van der Waals surface area contributed by atoms with Crippen molar-refractivity contribution in [2.24, 2.45) is 0 Å². The van der Waals surface area contributed by atoms with E-state index in [2.05, 4.69) is 5.32 Å². The number of hydrogen-bond donors (Lipinski definition) is 1. The fraction of sp³-hybridized carbons (Fsp3) is 0.176. The van der Waals surface area contributed by atoms with Gasteiger partial charge < -0.3 is 10.2 Å². The molecule has 2 aromatic rings. The average Bonchev–Trinajstić information content (AvgIpc) is 2.97. The standard InChI is InChI=1S/C17H13ClF2N2O2/c18-13-9-15(20)14(19)8-12(13)17(24)21-10-3-5-11(6-4-10)22-7-1-2-16(22)23/h3-6,8-9H,1-2,7H2,(H,21,24). The van der Waals surface area contributed by atoms with Gasteiger partial charge in [0.15, 0.2) is 11.6 Å². The summed E-state index contributed by atoms with van der Waals surface area (Å²) < 4.78 is 26.3. The number of nitrogens with one attached hydrogen (secondary N) is 1. The second-order valence-electron chi connectivity index (χ2n) is 5.40. The Bertz CT molecular complexity index is 809. The van der Waals surface area contributed by atoms with Crippen LogP contribution in [0.5, 0.6) is 0 Å². The van der Waals surface area contributed by atoms with E-state index in [0.29, 0.717) is 18.7 Å². The Hall–Kier alpha value is -2.47. The molecule has 3 rings (SSSR count). The monoisotopic (exact) mass is 350 g/mol. The van der Waals surface area contributed by atoms with Crippen molar-refractivity contribution in [3.05, 3.63) is 58.6 Å². The molecule has 0 atom stereocenters. The summed E-state index contributed by atoms with van der Waals surface area (Å²) in [5, 5.41) is 2.38. The van der Waals surface area contributed by atoms with Crippen molar-refractivity contribution in [3.63, 3.8) is 0 Å². The molecule has 0 spiro atoms. The average molecular weight is 351 g/mol. The summed E-state index contributed by atoms with van der Waals surface area (Å²) in [5.41, 5.74) is 1.05. The first-order valence-electron chi connectivity index (χ1n) is 7.32. The van der Waals surface area contributed by atoms with E-state index in [0.717, 1.165) is 24.2 Å². The third kappa shape index (κ3) is 3.23. The van der Waals surface area contributed by atoms with Gasteiger partial charge in [0.05, 0.1) is 10.6 Å². The molecule has 124 valence electrons. The van der Waals surface area contributed by atoms with Crippen LogP contribution in [0.2, 0.25) is 5.02 Å². The Morgan fingerprint density at radius 3 is 2.42 bits per heavy atom. The minimum atomic E-state index is -1.15. The maximum Gasteiger partial charge on any atom is 0.257 e. The van der Waals surface area contributed by atoms with E-state index in [1.54, 1.807) is 29.2 Å². The maximum absolute atomic E-state index is 13.3. The van der Waals surface area contributed by atoms with Gasteiger partial charge in [0.2, 0.25) is 5.91 Å². The molecule has 1 saturated heterocycles. The molecule has 0 bridgehead atoms. The van der Waals surface area contributed by atoms with Crippen LogP contribution in [0.3, 0.4) is 0 Å². The molecule has 1 aliphatic rings. The fourth-order valence-corrected chi connectivity index (χ4v) is 2.78. The Morgan fingerprint density at radius 1 is 1.12 bits per heavy atom. The van der Waals surface area contributed by atoms with Crippen LogP contribution >= 0.6 is 11.6 Å². The third-order valence-corrected chi connectivity index (χ3v) is 4.08. The van der Waals surface area contributed by atoms with Gasteiger partial charge in [0.25, 0.3) is 5.91 Å². The Balaban J connectivity index is 1.75. The normalized spacial score (nSPS) is 14.1. The highest BCUT2D eigenvalue weighted by atomic mass is 35.5. The summed E-state index contributed by atoms with van der Waals surface area (Å²) in [6, 6.07) is 8.20. The molecule has 1 N–H and O–H groups in total. The first-order chi connectivity index (χ1) is 11.5. The zero-order valence-electron chi connectivity index (χ0n) is 12.5. The molecule has 7 heteroatoms. The van der Waals surface area contributed by atoms with Crippen LogP contribution in [0.1, 0.15) is 23.2 Å². The fourth-order valence-electron chi connectivity index (χ4n) is 2.54. The largest absolute Gasteiger partial charge is 0.322 e. The second kappa shape index (κ2) is 6.57. The van der Waals surface area contributed by atoms with Gasteiger partial charge in [-0.3, -0.25) is 9.59 Å². The van der Waals surface area contributed by atoms with Crippen molar-refractivity contribution >= 4 is 34.8 Å². The lowest BCUT2D eigenvalue weighted by Gasteiger charge is -2.16. The molecule has 0 aromatic heterocycles. The summed E-state index contributed by atoms with van der Waals surface area (Å²) in [4.78, 5) is 25.5. The van der Waals surface area contributed by atoms with Crippen molar-refractivity contribution in [3.8, 4) is 0 Å². The van der Waals surface area contributed by atoms with Crippen molar-refractivity contribution in [1.82, 2.24) is 0 Å². The minimum Gasteiger partial charge on any atom is -0.322 e. The van der Waals surface area contributed by atoms with Crippen molar-refractivity contribution < 1.29 is 18.4 Å². The van der Waals surface area contributed by atoms with E-state index in [-0.39, 0.29) is 16.5 Å². The Labute approximate surface area is 142 Å². The molecule has 0 unspecified atom stereocenters. The topological polar surface area (TPSA) is 49.4 Å². The molecular weight excluding hydrogens is 338 g/mol. The van der Waals surface area contributed by atoms with E-state index in [9.17, 15) is 18.4 Å². The van der Waals surface area contributed by atoms with Gasteiger partial charge in [-0.2, -0.15) is 0 Å². The number of rotatable bonds is 3. The Kier molecular flexibility index (Phi) is 4.49. The van der Waals surface area contributed by atoms with Gasteiger partial charge in [-0.15, -0.1) is 0 Å². The molecule has 24 heavy (non-hydrogen) atoms. The lowest BCUT2D eigenvalue weighted by Crippen LogP contribution is -2.23. The predicted octanol–water partition coefficient (Wildman–Crippen LogP) is 4.00. The minimum absolute atomic E-state index is 0.0698. The van der Waals surface area contributed by atoms with Crippen molar-refractivity contribution in [2.75, 3.05) is 16.8 Å². The number of anilines is 2. The Morgan fingerprint density at radius 2 is 1.79 bits per heavy atom. The molecule has 2 amide bonds. The number of nitrogens with zero attached hydrogens (tertiary/aromatic N) is 1. The van der Waals surface area contributed by atoms with Crippen LogP contribution in [0.25, 0.3) is 0 Å². The second-order valence-corrected chi connectivity index (χ2v) is 5.80. The van der Waals surface area contributed by atoms with Gasteiger partial charge in [-0.1, -0.05) is 11.6 Å². The van der Waals surface area contributed by atoms with Gasteiger partial charge in [-0.25, -0.2) is 8.78 Å². The summed E-state index contributed by atoms with van der Waals surface area (Å²) in [6.45, 7) is 0.676. The van der Waals surface area contributed by atoms with Gasteiger partial charge in [0, 0.05) is 24.3 Å². The zero-order valence-corrected chi connectivity index (χ0v) is 13.2. The third-order valence-electron chi connectivity index (χ3n) is 3.76. The quantitative estimate of drug-likeness (QED) is 0.851. The first kappa shape index (κ1) is 16.4. The highest BCUT2D eigenvalue weighted by Gasteiger charge is 2.21. The highest BCUT2D eigenvalue weighted by Crippen LogP contribution is 2.24. The summed E-state index contributed by atoms with van der Waals surface area (Å²) in [5.74, 6) is -2.84. The number of carbonyl (C=O) groups is 2. The number of hydrogen-bond acceptors (Lipinski definition) is 2. The van der Waals surface area contributed by atoms with Gasteiger partial charge in [0.1, 0.15) is 0 Å². The number of carbonyl (C=O) groups excluding carboxylic acids is 2. The zero-order chi connectivity index (χ0) is 17.3. The van der Waals surface area contributed by atoms with Crippen LogP contribution in [0.4, 0.5) is 20.2 Å². The van der Waals surface area contributed by atoms with Gasteiger partial charge >= 0.3 is 0 Å². The summed E-state index contributed by atoms with van der Waals surface area (Å²) in [7, 11) is 0. The highest BCUT2D eigenvalue weighted by molar-refractivity contribution is 6.34. The van der Waals surface area contributed by atoms with E-state index in [4.69, 9.17) is 11.6 Å². The molecule has 0 radical (unpaired) electrons. The number of amides is 2. The molecule has 1 fully saturated rings. The summed E-state index contributed by atoms with van der Waals surface area (Å²) >= 11 is 5.78. The van der Waals surface area contributed by atoms with E-state index in [1.165, 1.54) is 0 Å². The maximum atomic E-state index is 13.3. The SMILES string of the molecule is O=C(Nc1ccc(N2CCCC2=O)cc1)c1cc(F)c(F)cc1Cl. The smallest absolute Gasteiger partial charge is 0.257 e. The van der Waals surface area contributed by atoms with Gasteiger partial charge in [-0.05, 0) is 42.8 Å². The van der Waals surface area contributed by atoms with Crippen LogP contribution in [-0.4, -0.2) is 18.4 Å². The molecule has 4 nitrogen and oxygen atoms in total. The van der Waals surface area contributed by atoms with Crippen LogP contribution in [0, 0.1) is 11.6 Å². The molecular formula is C17H13ClF2N2O2. The van der Waals surface area contributed by atoms with E-state index in [1.807, 2.05) is 0 Å². The molecule has 0 aliphatic carbocycles. The van der Waals surface area contributed by atoms with Crippen LogP contribution in [-0.2, 0) is 4.79 Å². The number of halogens is 3. The van der Waals surface area contributed by atoms with Crippen molar-refractivity contribution in [2.45, 2.75) is 12.8 Å². The molecule has 0 saturated carbocycles. The molecule has 2 aromatic carbocycles. The van der Waals surface area contributed by atoms with Crippen molar-refractivity contribution in [1.29, 1.82) is 0 Å². The first-order valence-corrected chi connectivity index (χ1v) is 7.70. The predicted molar refractivity (Wildman–Crippen MR) is 87.4 cm³/mol. The van der Waals surface area contributed by atoms with E-state index >= 15 is 0 Å². The summed E-state index contributed by atoms with van der Waals surface area (Å²) in [6.07, 6.45) is 1.36. The lowest BCUT2D eigenvalue weighted by atomic mass is 10.2. The molecule has 1 heterocycles. The number of benzene rings is 2. The van der Waals surface area contributed by atoms with Crippen LogP contribution in [0.15, 0.2) is 36.4 Å². The lowest BCUT2D eigenvalue weighted by molar-refractivity contribution is -0.117.